The van der Waals surface area contributed by atoms with Crippen LogP contribution < -0.4 is 4.40 Å². The van der Waals surface area contributed by atoms with Gasteiger partial charge in [0.1, 0.15) is 5.58 Å². The zero-order chi connectivity index (χ0) is 40.8. The van der Waals surface area contributed by atoms with E-state index in [0.717, 1.165) is 38.7 Å². The van der Waals surface area contributed by atoms with Crippen molar-refractivity contribution in [2.75, 3.05) is 0 Å². The van der Waals surface area contributed by atoms with E-state index in [0.29, 0.717) is 28.1 Å². The van der Waals surface area contributed by atoms with Gasteiger partial charge < -0.3 is 9.40 Å². The molecule has 7 heteroatoms. The molecule has 7 rings (SSSR count). The van der Waals surface area contributed by atoms with Gasteiger partial charge in [-0.05, 0) is 35.5 Å². The number of fused-ring (bicyclic) bond motifs is 3. The third-order valence-corrected chi connectivity index (χ3v) is 13.0. The maximum absolute atomic E-state index is 13.2. The summed E-state index contributed by atoms with van der Waals surface area (Å²) in [6, 6.07) is 31.6. The summed E-state index contributed by atoms with van der Waals surface area (Å²) in [5.74, 6) is 4.93. The van der Waals surface area contributed by atoms with Gasteiger partial charge >= 0.3 is 154 Å². The summed E-state index contributed by atoms with van der Waals surface area (Å²) in [4.78, 5) is 13.5. The molecule has 275 valence electrons. The maximum atomic E-state index is 13.2. The van der Waals surface area contributed by atoms with E-state index in [1.54, 1.807) is 50.5 Å². The van der Waals surface area contributed by atoms with Gasteiger partial charge in [0.2, 0.25) is 0 Å². The Morgan fingerprint density at radius 2 is 1.51 bits per heavy atom. The number of benzene rings is 3. The molecule has 0 N–H and O–H groups in total. The summed E-state index contributed by atoms with van der Waals surface area (Å²) in [7, 11) is 0. The molecule has 0 fully saturated rings. The summed E-state index contributed by atoms with van der Waals surface area (Å²) < 4.78 is 54.9. The molecule has 4 nitrogen and oxygen atoms in total. The first kappa shape index (κ1) is 34.8. The SMILES string of the molecule is [2H]C(C)(C)c1cc2c(cn1)oc1c[c-]c(-c3cc(C([2H])([2H])C(C)(C)C)ccn3)cc12.[2H]C(C)(c1ccccc1)c1cc(-c2[c-]cc(F)cc2)nc[c]1[Ge]([CH3])([CH3])[CH3].[Ir]. The number of furan rings is 1. The first-order chi connectivity index (χ1) is 26.1. The standard InChI is InChI=1S/C24H25N2O.C22H23FGeN.Ir/c1-15(2)20-12-19-18-11-17(6-7-22(18)27-23(19)14-26-20)21-10-16(8-9-25-21)13-24(3,4)5;1-16(17-8-6-5-7-9-17)20-14-22(18-10-12-19(23)13-11-18)25-15-21(20)24(2,3)4;/h7-12,14-15H,13H2,1-5H3;5-10,12-16H,1-4H3;/q2*-1;/i13D2,15D;16D;. The molecule has 1 radical (unpaired) electrons. The Morgan fingerprint density at radius 1 is 0.811 bits per heavy atom. The average Bonchev–Trinajstić information content (AvgIpc) is 3.52. The first-order valence-corrected chi connectivity index (χ1v) is 24.9. The van der Waals surface area contributed by atoms with Crippen molar-refractivity contribution in [1.29, 1.82) is 0 Å². The fourth-order valence-corrected chi connectivity index (χ4v) is 9.24. The van der Waals surface area contributed by atoms with Crippen molar-refractivity contribution in [2.24, 2.45) is 5.41 Å². The van der Waals surface area contributed by atoms with Gasteiger partial charge in [-0.2, -0.15) is 0 Å². The summed E-state index contributed by atoms with van der Waals surface area (Å²) in [5, 5.41) is 1.80. The molecule has 4 aromatic heterocycles. The number of aromatic nitrogens is 3. The van der Waals surface area contributed by atoms with Crippen LogP contribution in [-0.2, 0) is 26.5 Å². The molecule has 3 aromatic carbocycles. The molecule has 1 atom stereocenters. The normalized spacial score (nSPS) is 14.5. The van der Waals surface area contributed by atoms with Gasteiger partial charge in [0, 0.05) is 41.5 Å². The molecule has 7 aromatic rings. The zero-order valence-electron chi connectivity index (χ0n) is 35.8. The third kappa shape index (κ3) is 9.78. The Morgan fingerprint density at radius 3 is 2.17 bits per heavy atom. The van der Waals surface area contributed by atoms with Gasteiger partial charge in [-0.3, -0.25) is 4.98 Å². The van der Waals surface area contributed by atoms with Crippen molar-refractivity contribution in [3.8, 4) is 22.5 Å². The van der Waals surface area contributed by atoms with E-state index >= 15 is 0 Å². The van der Waals surface area contributed by atoms with Crippen molar-refractivity contribution in [1.82, 2.24) is 15.0 Å². The van der Waals surface area contributed by atoms with Crippen LogP contribution in [0.4, 0.5) is 4.39 Å². The van der Waals surface area contributed by atoms with E-state index in [1.165, 1.54) is 16.5 Å². The number of nitrogens with zero attached hydrogens (tertiary/aromatic N) is 3. The fourth-order valence-electron chi connectivity index (χ4n) is 6.06. The number of halogens is 1. The molecule has 0 bridgehead atoms. The molecule has 53 heavy (non-hydrogen) atoms. The summed E-state index contributed by atoms with van der Waals surface area (Å²) in [5.41, 5.74) is 6.89. The van der Waals surface area contributed by atoms with Crippen LogP contribution in [0.2, 0.25) is 17.3 Å². The van der Waals surface area contributed by atoms with Crippen molar-refractivity contribution in [3.63, 3.8) is 0 Å². The second-order valence-electron chi connectivity index (χ2n) is 15.4. The van der Waals surface area contributed by atoms with Gasteiger partial charge in [0.25, 0.3) is 0 Å². The van der Waals surface area contributed by atoms with Gasteiger partial charge in [0.15, 0.2) is 0 Å². The quantitative estimate of drug-likeness (QED) is 0.118. The minimum absolute atomic E-state index is 0. The van der Waals surface area contributed by atoms with Crippen LogP contribution in [-0.4, -0.2) is 28.2 Å². The Balaban J connectivity index is 0.000000216. The predicted octanol–water partition coefficient (Wildman–Crippen LogP) is 11.9. The fraction of sp³-hybridized carbons (Fsp3) is 0.283. The molecular formula is C46H48FGeIrN3O-2. The van der Waals surface area contributed by atoms with E-state index in [1.807, 2.05) is 82.4 Å². The van der Waals surface area contributed by atoms with Crippen LogP contribution in [0, 0.1) is 23.4 Å². The molecular weight excluding hydrogens is 894 g/mol. The molecule has 0 amide bonds. The Bertz CT molecular complexity index is 2510. The first-order valence-electron chi connectivity index (χ1n) is 19.5. The van der Waals surface area contributed by atoms with Gasteiger partial charge in [-0.1, -0.05) is 51.6 Å². The zero-order valence-corrected chi connectivity index (χ0v) is 36.3. The summed E-state index contributed by atoms with van der Waals surface area (Å²) >= 11 is -2.25. The molecule has 0 spiro atoms. The van der Waals surface area contributed by atoms with Gasteiger partial charge in [0.05, 0.1) is 11.8 Å². The molecule has 4 heterocycles. The van der Waals surface area contributed by atoms with E-state index in [9.17, 15) is 4.39 Å². The maximum Gasteiger partial charge on any atom is 0 e. The topological polar surface area (TPSA) is 51.8 Å². The monoisotopic (exact) mass is 948 g/mol. The van der Waals surface area contributed by atoms with E-state index in [-0.39, 0.29) is 25.9 Å². The molecule has 0 aliphatic heterocycles. The predicted molar refractivity (Wildman–Crippen MR) is 216 cm³/mol. The molecule has 0 saturated heterocycles. The van der Waals surface area contributed by atoms with Gasteiger partial charge in [-0.15, -0.1) is 23.8 Å². The van der Waals surface area contributed by atoms with Crippen molar-refractivity contribution >= 4 is 39.6 Å². The van der Waals surface area contributed by atoms with Crippen LogP contribution >= 0.6 is 0 Å². The smallest absolute Gasteiger partial charge is 0 e. The van der Waals surface area contributed by atoms with Crippen molar-refractivity contribution in [3.05, 3.63) is 144 Å². The summed E-state index contributed by atoms with van der Waals surface area (Å²) in [6.45, 7) is 11.2. The van der Waals surface area contributed by atoms with Crippen LogP contribution in [0.25, 0.3) is 44.5 Å². The number of rotatable bonds is 7. The van der Waals surface area contributed by atoms with Crippen molar-refractivity contribution < 1.29 is 34.4 Å². The largest absolute Gasteiger partial charge is 0 e. The minimum Gasteiger partial charge on any atom is 0 e. The Kier molecular flexibility index (Phi) is 10.9. The van der Waals surface area contributed by atoms with Crippen molar-refractivity contribution in [2.45, 2.75) is 77.0 Å². The Hall–Kier alpha value is -3.97. The second kappa shape index (κ2) is 16.6. The second-order valence-corrected chi connectivity index (χ2v) is 25.9. The van der Waals surface area contributed by atoms with E-state index in [2.05, 4.69) is 44.4 Å². The van der Waals surface area contributed by atoms with Crippen LogP contribution in [0.15, 0.2) is 108 Å². The van der Waals surface area contributed by atoms with Crippen LogP contribution in [0.5, 0.6) is 0 Å². The number of pyridine rings is 3. The third-order valence-electron chi connectivity index (χ3n) is 8.73. The Labute approximate surface area is 336 Å². The molecule has 0 aliphatic carbocycles. The summed E-state index contributed by atoms with van der Waals surface area (Å²) in [6.07, 6.45) is 3.73. The molecule has 1 unspecified atom stereocenters. The van der Waals surface area contributed by atoms with Crippen LogP contribution in [0.1, 0.15) is 81.2 Å². The number of hydrogen-bond acceptors (Lipinski definition) is 4. The van der Waals surface area contributed by atoms with E-state index < -0.39 is 36.8 Å². The molecule has 0 aliphatic rings. The molecule has 0 saturated carbocycles. The average molecular weight is 947 g/mol. The van der Waals surface area contributed by atoms with Crippen LogP contribution in [0.3, 0.4) is 0 Å². The van der Waals surface area contributed by atoms with E-state index in [4.69, 9.17) is 9.90 Å². The minimum atomic E-state index is -2.25. The number of hydrogen-bond donors (Lipinski definition) is 0. The van der Waals surface area contributed by atoms with Gasteiger partial charge in [-0.25, -0.2) is 0 Å².